The molecule has 0 fully saturated rings. The Kier molecular flexibility index (Phi) is 2.94. The Bertz CT molecular complexity index is 665. The summed E-state index contributed by atoms with van der Waals surface area (Å²) >= 11 is 3.35. The summed E-state index contributed by atoms with van der Waals surface area (Å²) < 4.78 is 0. The minimum Gasteiger partial charge on any atom is -0.506 e. The van der Waals surface area contributed by atoms with E-state index in [9.17, 15) is 5.11 Å². The lowest BCUT2D eigenvalue weighted by Crippen LogP contribution is -1.67. The van der Waals surface area contributed by atoms with Crippen LogP contribution in [0.3, 0.4) is 0 Å². The standard InChI is InChI=1S/C15H12OS2/c1-10-7-8-13(17-10)15-12(16)9-14(18-15)11-5-3-2-4-6-11/h2-9,16H,1H3. The largest absolute Gasteiger partial charge is 0.506 e. The third-order valence-electron chi connectivity index (χ3n) is 2.73. The molecule has 0 radical (unpaired) electrons. The minimum absolute atomic E-state index is 0.376. The van der Waals surface area contributed by atoms with Crippen LogP contribution in [0.15, 0.2) is 48.5 Å². The van der Waals surface area contributed by atoms with Crippen molar-refractivity contribution in [1.29, 1.82) is 0 Å². The monoisotopic (exact) mass is 272 g/mol. The molecule has 3 aromatic rings. The van der Waals surface area contributed by atoms with E-state index in [0.29, 0.717) is 5.75 Å². The number of rotatable bonds is 2. The van der Waals surface area contributed by atoms with Crippen LogP contribution in [0.5, 0.6) is 5.75 Å². The molecule has 1 aromatic carbocycles. The molecule has 1 N–H and O–H groups in total. The molecule has 1 nitrogen and oxygen atoms in total. The zero-order valence-electron chi connectivity index (χ0n) is 9.88. The van der Waals surface area contributed by atoms with E-state index >= 15 is 0 Å². The van der Waals surface area contributed by atoms with Gasteiger partial charge in [-0.2, -0.15) is 0 Å². The Morgan fingerprint density at radius 3 is 2.33 bits per heavy atom. The third kappa shape index (κ3) is 2.07. The van der Waals surface area contributed by atoms with Gasteiger partial charge in [-0.15, -0.1) is 22.7 Å². The molecule has 18 heavy (non-hydrogen) atoms. The van der Waals surface area contributed by atoms with E-state index < -0.39 is 0 Å². The molecule has 2 aromatic heterocycles. The summed E-state index contributed by atoms with van der Waals surface area (Å²) in [5.41, 5.74) is 1.15. The van der Waals surface area contributed by atoms with E-state index in [1.54, 1.807) is 22.7 Å². The van der Waals surface area contributed by atoms with Crippen molar-refractivity contribution in [1.82, 2.24) is 0 Å². The van der Waals surface area contributed by atoms with Crippen molar-refractivity contribution < 1.29 is 5.11 Å². The fourth-order valence-electron chi connectivity index (χ4n) is 1.86. The average Bonchev–Trinajstić information content (AvgIpc) is 2.97. The lowest BCUT2D eigenvalue weighted by molar-refractivity contribution is 0.480. The second-order valence-electron chi connectivity index (χ2n) is 4.10. The lowest BCUT2D eigenvalue weighted by Gasteiger charge is -1.94. The molecule has 2 heterocycles. The Morgan fingerprint density at radius 2 is 1.67 bits per heavy atom. The summed E-state index contributed by atoms with van der Waals surface area (Å²) in [5, 5.41) is 10.1. The van der Waals surface area contributed by atoms with Crippen LogP contribution in [-0.2, 0) is 0 Å². The van der Waals surface area contributed by atoms with Gasteiger partial charge in [-0.05, 0) is 30.7 Å². The van der Waals surface area contributed by atoms with E-state index in [1.807, 2.05) is 24.3 Å². The number of hydrogen-bond acceptors (Lipinski definition) is 3. The zero-order chi connectivity index (χ0) is 12.5. The molecule has 90 valence electrons. The SMILES string of the molecule is Cc1ccc(-c2sc(-c3ccccc3)cc2O)s1. The summed E-state index contributed by atoms with van der Waals surface area (Å²) in [6.07, 6.45) is 0. The first-order chi connectivity index (χ1) is 8.74. The molecule has 3 heteroatoms. The number of aryl methyl sites for hydroxylation is 1. The van der Waals surface area contributed by atoms with Crippen molar-refractivity contribution in [2.75, 3.05) is 0 Å². The molecule has 0 saturated carbocycles. The van der Waals surface area contributed by atoms with Crippen LogP contribution >= 0.6 is 22.7 Å². The number of thiophene rings is 2. The molecule has 0 aliphatic carbocycles. The molecular weight excluding hydrogens is 260 g/mol. The summed E-state index contributed by atoms with van der Waals surface area (Å²) in [7, 11) is 0. The molecule has 0 saturated heterocycles. The first-order valence-corrected chi connectivity index (χ1v) is 7.32. The molecular formula is C15H12OS2. The fraction of sp³-hybridized carbons (Fsp3) is 0.0667. The van der Waals surface area contributed by atoms with Gasteiger partial charge in [0, 0.05) is 14.6 Å². The van der Waals surface area contributed by atoms with E-state index in [1.165, 1.54) is 4.88 Å². The Hall–Kier alpha value is -1.58. The van der Waals surface area contributed by atoms with Crippen molar-refractivity contribution in [3.8, 4) is 25.9 Å². The normalized spacial score (nSPS) is 10.7. The van der Waals surface area contributed by atoms with Crippen LogP contribution in [0.25, 0.3) is 20.2 Å². The van der Waals surface area contributed by atoms with E-state index in [0.717, 1.165) is 20.2 Å². The summed E-state index contributed by atoms with van der Waals surface area (Å²) in [6.45, 7) is 2.08. The van der Waals surface area contributed by atoms with Crippen LogP contribution in [-0.4, -0.2) is 5.11 Å². The van der Waals surface area contributed by atoms with Crippen molar-refractivity contribution in [2.45, 2.75) is 6.92 Å². The lowest BCUT2D eigenvalue weighted by atomic mass is 10.2. The van der Waals surface area contributed by atoms with E-state index in [2.05, 4.69) is 31.2 Å². The van der Waals surface area contributed by atoms with Crippen LogP contribution in [0, 0.1) is 6.92 Å². The minimum atomic E-state index is 0.376. The van der Waals surface area contributed by atoms with Gasteiger partial charge in [-0.3, -0.25) is 0 Å². The van der Waals surface area contributed by atoms with Gasteiger partial charge in [-0.1, -0.05) is 30.3 Å². The smallest absolute Gasteiger partial charge is 0.135 e. The summed E-state index contributed by atoms with van der Waals surface area (Å²) in [6, 6.07) is 16.2. The van der Waals surface area contributed by atoms with Crippen LogP contribution in [0.4, 0.5) is 0 Å². The van der Waals surface area contributed by atoms with Crippen LogP contribution < -0.4 is 0 Å². The predicted molar refractivity (Wildman–Crippen MR) is 79.5 cm³/mol. The zero-order valence-corrected chi connectivity index (χ0v) is 11.5. The quantitative estimate of drug-likeness (QED) is 0.683. The highest BCUT2D eigenvalue weighted by molar-refractivity contribution is 7.24. The van der Waals surface area contributed by atoms with Crippen molar-refractivity contribution >= 4 is 22.7 Å². The third-order valence-corrected chi connectivity index (χ3v) is 5.09. The highest BCUT2D eigenvalue weighted by atomic mass is 32.1. The first-order valence-electron chi connectivity index (χ1n) is 5.69. The summed E-state index contributed by atoms with van der Waals surface area (Å²) in [5.74, 6) is 0.376. The Balaban J connectivity index is 2.06. The predicted octanol–water partition coefficient (Wildman–Crippen LogP) is 5.16. The maximum absolute atomic E-state index is 10.1. The van der Waals surface area contributed by atoms with E-state index in [-0.39, 0.29) is 0 Å². The second-order valence-corrected chi connectivity index (χ2v) is 6.44. The van der Waals surface area contributed by atoms with Crippen LogP contribution in [0.1, 0.15) is 4.88 Å². The van der Waals surface area contributed by atoms with Gasteiger partial charge >= 0.3 is 0 Å². The van der Waals surface area contributed by atoms with Crippen LogP contribution in [0.2, 0.25) is 0 Å². The Labute approximate surface area is 114 Å². The molecule has 3 rings (SSSR count). The molecule has 0 aliphatic rings. The van der Waals surface area contributed by atoms with Gasteiger partial charge in [0.25, 0.3) is 0 Å². The van der Waals surface area contributed by atoms with Gasteiger partial charge in [-0.25, -0.2) is 0 Å². The highest BCUT2D eigenvalue weighted by Crippen LogP contribution is 2.44. The molecule has 0 atom stereocenters. The number of hydrogen-bond donors (Lipinski definition) is 1. The number of benzene rings is 1. The Morgan fingerprint density at radius 1 is 0.889 bits per heavy atom. The summed E-state index contributed by atoms with van der Waals surface area (Å²) in [4.78, 5) is 4.47. The molecule has 0 amide bonds. The van der Waals surface area contributed by atoms with Gasteiger partial charge in [0.05, 0.1) is 4.88 Å². The molecule has 0 unspecified atom stereocenters. The van der Waals surface area contributed by atoms with Crippen molar-refractivity contribution in [3.63, 3.8) is 0 Å². The van der Waals surface area contributed by atoms with Gasteiger partial charge < -0.3 is 5.11 Å². The first kappa shape index (κ1) is 11.5. The van der Waals surface area contributed by atoms with Crippen molar-refractivity contribution in [2.24, 2.45) is 0 Å². The van der Waals surface area contributed by atoms with Crippen molar-refractivity contribution in [3.05, 3.63) is 53.4 Å². The van der Waals surface area contributed by atoms with Gasteiger partial charge in [0.1, 0.15) is 5.75 Å². The maximum atomic E-state index is 10.1. The molecule has 0 aliphatic heterocycles. The van der Waals surface area contributed by atoms with E-state index in [4.69, 9.17) is 0 Å². The second kappa shape index (κ2) is 4.59. The fourth-order valence-corrected chi connectivity index (χ4v) is 3.90. The molecule has 0 bridgehead atoms. The topological polar surface area (TPSA) is 20.2 Å². The highest BCUT2D eigenvalue weighted by Gasteiger charge is 2.12. The average molecular weight is 272 g/mol. The number of aromatic hydroxyl groups is 1. The molecule has 0 spiro atoms. The maximum Gasteiger partial charge on any atom is 0.135 e. The van der Waals surface area contributed by atoms with Gasteiger partial charge in [0.2, 0.25) is 0 Å². The van der Waals surface area contributed by atoms with Gasteiger partial charge in [0.15, 0.2) is 0 Å².